The molecule has 0 unspecified atom stereocenters. The highest BCUT2D eigenvalue weighted by Crippen LogP contribution is 2.28. The van der Waals surface area contributed by atoms with Crippen molar-refractivity contribution in [2.24, 2.45) is 0 Å². The second-order valence-electron chi connectivity index (χ2n) is 6.36. The summed E-state index contributed by atoms with van der Waals surface area (Å²) in [7, 11) is 0. The van der Waals surface area contributed by atoms with Gasteiger partial charge in [0, 0.05) is 22.5 Å². The fourth-order valence-electron chi connectivity index (χ4n) is 3.37. The highest BCUT2D eigenvalue weighted by molar-refractivity contribution is 6.03. The van der Waals surface area contributed by atoms with Crippen LogP contribution >= 0.6 is 0 Å². The Hall–Kier alpha value is -3.52. The molecule has 0 N–H and O–H groups in total. The van der Waals surface area contributed by atoms with E-state index in [2.05, 4.69) is 83.8 Å². The zero-order valence-corrected chi connectivity index (χ0v) is 14.1. The monoisotopic (exact) mass is 332 g/mol. The van der Waals surface area contributed by atoms with Crippen LogP contribution in [0.5, 0.6) is 0 Å². The first-order valence-corrected chi connectivity index (χ1v) is 8.69. The molecule has 2 heteroatoms. The first-order valence-electron chi connectivity index (χ1n) is 8.69. The summed E-state index contributed by atoms with van der Waals surface area (Å²) in [5, 5.41) is 2.22. The van der Waals surface area contributed by atoms with Crippen LogP contribution in [0.15, 0.2) is 97.2 Å². The molecule has 0 radical (unpaired) electrons. The van der Waals surface area contributed by atoms with Crippen molar-refractivity contribution in [2.45, 2.75) is 0 Å². The average molecular weight is 332 g/mol. The van der Waals surface area contributed by atoms with Gasteiger partial charge >= 0.3 is 0 Å². The Morgan fingerprint density at radius 2 is 1.23 bits per heavy atom. The van der Waals surface area contributed by atoms with Gasteiger partial charge in [0.25, 0.3) is 0 Å². The van der Waals surface area contributed by atoms with Crippen LogP contribution < -0.4 is 0 Å². The zero-order valence-electron chi connectivity index (χ0n) is 14.1. The number of aromatic nitrogens is 2. The summed E-state index contributed by atoms with van der Waals surface area (Å²) < 4.78 is 0. The molecule has 0 fully saturated rings. The van der Waals surface area contributed by atoms with Crippen molar-refractivity contribution in [3.63, 3.8) is 0 Å². The van der Waals surface area contributed by atoms with Gasteiger partial charge in [0.05, 0.1) is 16.7 Å². The maximum Gasteiger partial charge on any atom is 0.0972 e. The van der Waals surface area contributed by atoms with Crippen LogP contribution in [0.2, 0.25) is 0 Å². The predicted molar refractivity (Wildman–Crippen MR) is 108 cm³/mol. The summed E-state index contributed by atoms with van der Waals surface area (Å²) in [6, 6.07) is 31.4. The number of fused-ring (bicyclic) bond motifs is 3. The van der Waals surface area contributed by atoms with Gasteiger partial charge in [-0.3, -0.25) is 4.98 Å². The molecule has 0 atom stereocenters. The van der Waals surface area contributed by atoms with E-state index in [9.17, 15) is 0 Å². The first kappa shape index (κ1) is 14.8. The molecular formula is C24H16N2. The standard InChI is InChI=1S/C24H16N2/c1-2-6-17(7-3-1)20-8-4-9-21(16-20)22-14-13-19-12-11-18-10-5-15-25-23(18)24(19)26-22/h1-16H. The predicted octanol–water partition coefficient (Wildman–Crippen LogP) is 6.12. The second-order valence-corrected chi connectivity index (χ2v) is 6.36. The molecule has 0 aliphatic rings. The molecule has 2 nitrogen and oxygen atoms in total. The van der Waals surface area contributed by atoms with Gasteiger partial charge in [0.2, 0.25) is 0 Å². The minimum atomic E-state index is 0.950. The fraction of sp³-hybridized carbons (Fsp3) is 0. The second kappa shape index (κ2) is 6.08. The molecule has 0 spiro atoms. The van der Waals surface area contributed by atoms with E-state index in [4.69, 9.17) is 4.98 Å². The average Bonchev–Trinajstić information content (AvgIpc) is 2.74. The Morgan fingerprint density at radius 3 is 2.12 bits per heavy atom. The third-order valence-electron chi connectivity index (χ3n) is 4.70. The lowest BCUT2D eigenvalue weighted by molar-refractivity contribution is 1.37. The summed E-state index contributed by atoms with van der Waals surface area (Å²) in [4.78, 5) is 9.49. The molecule has 2 heterocycles. The highest BCUT2D eigenvalue weighted by Gasteiger charge is 2.07. The molecule has 3 aromatic carbocycles. The van der Waals surface area contributed by atoms with Crippen LogP contribution in [-0.4, -0.2) is 9.97 Å². The molecule has 0 saturated heterocycles. The largest absolute Gasteiger partial charge is 0.254 e. The molecule has 26 heavy (non-hydrogen) atoms. The van der Waals surface area contributed by atoms with E-state index in [0.717, 1.165) is 33.1 Å². The number of rotatable bonds is 2. The quantitative estimate of drug-likeness (QED) is 0.364. The maximum atomic E-state index is 4.95. The molecular weight excluding hydrogens is 316 g/mol. The van der Waals surface area contributed by atoms with Gasteiger partial charge in [-0.05, 0) is 29.3 Å². The van der Waals surface area contributed by atoms with Gasteiger partial charge in [-0.2, -0.15) is 0 Å². The Kier molecular flexibility index (Phi) is 3.46. The number of hydrogen-bond acceptors (Lipinski definition) is 2. The fourth-order valence-corrected chi connectivity index (χ4v) is 3.37. The highest BCUT2D eigenvalue weighted by atomic mass is 14.7. The van der Waals surface area contributed by atoms with Gasteiger partial charge < -0.3 is 0 Å². The smallest absolute Gasteiger partial charge is 0.0972 e. The molecule has 5 rings (SSSR count). The third kappa shape index (κ3) is 2.52. The summed E-state index contributed by atoms with van der Waals surface area (Å²) in [6.07, 6.45) is 1.83. The molecule has 122 valence electrons. The van der Waals surface area contributed by atoms with Crippen LogP contribution in [0.3, 0.4) is 0 Å². The van der Waals surface area contributed by atoms with Crippen LogP contribution in [0.4, 0.5) is 0 Å². The van der Waals surface area contributed by atoms with Crippen LogP contribution in [0, 0.1) is 0 Å². The molecule has 0 bridgehead atoms. The first-order chi connectivity index (χ1) is 12.9. The van der Waals surface area contributed by atoms with Crippen LogP contribution in [-0.2, 0) is 0 Å². The van der Waals surface area contributed by atoms with Gasteiger partial charge in [0.15, 0.2) is 0 Å². The van der Waals surface area contributed by atoms with E-state index in [-0.39, 0.29) is 0 Å². The van der Waals surface area contributed by atoms with Crippen molar-refractivity contribution in [1.82, 2.24) is 9.97 Å². The summed E-state index contributed by atoms with van der Waals surface area (Å²) in [5.41, 5.74) is 6.38. The molecule has 2 aromatic heterocycles. The topological polar surface area (TPSA) is 25.8 Å². The molecule has 0 amide bonds. The van der Waals surface area contributed by atoms with E-state index in [0.29, 0.717) is 0 Å². The van der Waals surface area contributed by atoms with E-state index < -0.39 is 0 Å². The Morgan fingerprint density at radius 1 is 0.500 bits per heavy atom. The van der Waals surface area contributed by atoms with Gasteiger partial charge in [-0.1, -0.05) is 72.8 Å². The zero-order chi connectivity index (χ0) is 17.3. The van der Waals surface area contributed by atoms with Gasteiger partial charge in [-0.15, -0.1) is 0 Å². The van der Waals surface area contributed by atoms with Gasteiger partial charge in [-0.25, -0.2) is 4.98 Å². The lowest BCUT2D eigenvalue weighted by Crippen LogP contribution is -1.89. The number of pyridine rings is 2. The number of nitrogens with zero attached hydrogens (tertiary/aromatic N) is 2. The van der Waals surface area contributed by atoms with Gasteiger partial charge in [0.1, 0.15) is 0 Å². The molecule has 0 saturated carbocycles. The maximum absolute atomic E-state index is 4.95. The summed E-state index contributed by atoms with van der Waals surface area (Å²) in [6.45, 7) is 0. The van der Waals surface area contributed by atoms with Crippen molar-refractivity contribution in [3.8, 4) is 22.4 Å². The summed E-state index contributed by atoms with van der Waals surface area (Å²) >= 11 is 0. The minimum absolute atomic E-state index is 0.950. The molecule has 5 aromatic rings. The minimum Gasteiger partial charge on any atom is -0.254 e. The van der Waals surface area contributed by atoms with Crippen molar-refractivity contribution in [2.75, 3.05) is 0 Å². The van der Waals surface area contributed by atoms with Crippen molar-refractivity contribution < 1.29 is 0 Å². The van der Waals surface area contributed by atoms with Crippen LogP contribution in [0.1, 0.15) is 0 Å². The van der Waals surface area contributed by atoms with Crippen molar-refractivity contribution in [3.05, 3.63) is 97.2 Å². The molecule has 0 aliphatic heterocycles. The lowest BCUT2D eigenvalue weighted by Gasteiger charge is -2.08. The van der Waals surface area contributed by atoms with E-state index in [1.807, 2.05) is 18.3 Å². The lowest BCUT2D eigenvalue weighted by atomic mass is 10.0. The molecule has 0 aliphatic carbocycles. The van der Waals surface area contributed by atoms with Crippen LogP contribution in [0.25, 0.3) is 44.2 Å². The van der Waals surface area contributed by atoms with Crippen molar-refractivity contribution in [1.29, 1.82) is 0 Å². The number of hydrogen-bond donors (Lipinski definition) is 0. The SMILES string of the molecule is c1ccc(-c2cccc(-c3ccc4ccc5cccnc5c4n3)c2)cc1. The normalized spacial score (nSPS) is 11.1. The third-order valence-corrected chi connectivity index (χ3v) is 4.70. The van der Waals surface area contributed by atoms with E-state index in [1.165, 1.54) is 11.1 Å². The van der Waals surface area contributed by atoms with E-state index in [1.54, 1.807) is 0 Å². The van der Waals surface area contributed by atoms with E-state index >= 15 is 0 Å². The van der Waals surface area contributed by atoms with Crippen molar-refractivity contribution >= 4 is 21.8 Å². The Balaban J connectivity index is 1.69. The Labute approximate surface area is 151 Å². The summed E-state index contributed by atoms with van der Waals surface area (Å²) in [5.74, 6) is 0. The Bertz CT molecular complexity index is 1230. The number of benzene rings is 3.